The lowest BCUT2D eigenvalue weighted by Gasteiger charge is -2.06. The summed E-state index contributed by atoms with van der Waals surface area (Å²) in [4.78, 5) is 14.1. The molecule has 90 valence electrons. The Morgan fingerprint density at radius 3 is 2.71 bits per heavy atom. The molecule has 0 fully saturated rings. The van der Waals surface area contributed by atoms with Crippen LogP contribution in [0.5, 0.6) is 0 Å². The van der Waals surface area contributed by atoms with Crippen molar-refractivity contribution in [2.24, 2.45) is 5.11 Å². The molecule has 0 radical (unpaired) electrons. The van der Waals surface area contributed by atoms with Crippen molar-refractivity contribution in [3.05, 3.63) is 34.7 Å². The lowest BCUT2D eigenvalue weighted by atomic mass is 10.3. The third kappa shape index (κ3) is 4.90. The second-order valence-corrected chi connectivity index (χ2v) is 3.47. The fourth-order valence-electron chi connectivity index (χ4n) is 1.22. The van der Waals surface area contributed by atoms with Crippen LogP contribution in [0.3, 0.4) is 0 Å². The van der Waals surface area contributed by atoms with Gasteiger partial charge in [-0.15, -0.1) is 0 Å². The van der Waals surface area contributed by atoms with Gasteiger partial charge in [-0.05, 0) is 24.1 Å². The highest BCUT2D eigenvalue weighted by Crippen LogP contribution is 2.16. The second-order valence-electron chi connectivity index (χ2n) is 3.47. The molecular formula is C11H15N5O. The van der Waals surface area contributed by atoms with Crippen molar-refractivity contribution in [1.29, 1.82) is 0 Å². The van der Waals surface area contributed by atoms with E-state index in [-0.39, 0.29) is 6.03 Å². The molecule has 17 heavy (non-hydrogen) atoms. The van der Waals surface area contributed by atoms with E-state index in [9.17, 15) is 4.79 Å². The van der Waals surface area contributed by atoms with Gasteiger partial charge in [-0.2, -0.15) is 0 Å². The van der Waals surface area contributed by atoms with Crippen molar-refractivity contribution in [3.63, 3.8) is 0 Å². The Balaban J connectivity index is 2.45. The third-order valence-electron chi connectivity index (χ3n) is 2.10. The summed E-state index contributed by atoms with van der Waals surface area (Å²) in [6.45, 7) is 2.73. The molecule has 0 spiro atoms. The minimum absolute atomic E-state index is 0.227. The number of carbonyl (C=O) groups is 1. The van der Waals surface area contributed by atoms with Crippen LogP contribution in [-0.4, -0.2) is 12.6 Å². The molecule has 0 aliphatic heterocycles. The van der Waals surface area contributed by atoms with Gasteiger partial charge >= 0.3 is 6.03 Å². The fourth-order valence-corrected chi connectivity index (χ4v) is 1.22. The lowest BCUT2D eigenvalue weighted by molar-refractivity contribution is 0.252. The maximum Gasteiger partial charge on any atom is 0.319 e. The van der Waals surface area contributed by atoms with E-state index in [1.54, 1.807) is 24.3 Å². The molecule has 6 heteroatoms. The SMILES string of the molecule is CCCCNC(=O)Nc1ccc(N=[N+]=[N-])cc1. The summed E-state index contributed by atoms with van der Waals surface area (Å²) in [5.41, 5.74) is 9.41. The van der Waals surface area contributed by atoms with Crippen LogP contribution in [0.25, 0.3) is 10.4 Å². The standard InChI is InChI=1S/C11H15N5O/c1-2-3-8-13-11(17)14-9-4-6-10(7-5-9)15-16-12/h4-7H,2-3,8H2,1H3,(H2,13,14,17). The molecule has 0 unspecified atom stereocenters. The van der Waals surface area contributed by atoms with Crippen molar-refractivity contribution < 1.29 is 4.79 Å². The fraction of sp³-hybridized carbons (Fsp3) is 0.364. The Morgan fingerprint density at radius 2 is 2.12 bits per heavy atom. The topological polar surface area (TPSA) is 89.9 Å². The molecule has 0 aliphatic carbocycles. The molecule has 0 saturated carbocycles. The van der Waals surface area contributed by atoms with E-state index >= 15 is 0 Å². The first-order chi connectivity index (χ1) is 8.26. The minimum atomic E-state index is -0.227. The molecule has 0 saturated heterocycles. The molecular weight excluding hydrogens is 218 g/mol. The predicted octanol–water partition coefficient (Wildman–Crippen LogP) is 3.55. The van der Waals surface area contributed by atoms with E-state index in [0.29, 0.717) is 17.9 Å². The zero-order valence-corrected chi connectivity index (χ0v) is 9.68. The first-order valence-electron chi connectivity index (χ1n) is 5.46. The van der Waals surface area contributed by atoms with Crippen molar-refractivity contribution >= 4 is 17.4 Å². The van der Waals surface area contributed by atoms with Crippen LogP contribution in [0.1, 0.15) is 19.8 Å². The van der Waals surface area contributed by atoms with E-state index < -0.39 is 0 Å². The first-order valence-corrected chi connectivity index (χ1v) is 5.46. The molecule has 6 nitrogen and oxygen atoms in total. The first kappa shape index (κ1) is 12.9. The number of carbonyl (C=O) groups excluding carboxylic acids is 1. The summed E-state index contributed by atoms with van der Waals surface area (Å²) < 4.78 is 0. The van der Waals surface area contributed by atoms with Gasteiger partial charge in [-0.3, -0.25) is 0 Å². The zero-order valence-electron chi connectivity index (χ0n) is 9.68. The maximum absolute atomic E-state index is 11.4. The minimum Gasteiger partial charge on any atom is -0.338 e. The van der Waals surface area contributed by atoms with Gasteiger partial charge < -0.3 is 10.6 Å². The maximum atomic E-state index is 11.4. The number of amides is 2. The average molecular weight is 233 g/mol. The van der Waals surface area contributed by atoms with Crippen LogP contribution < -0.4 is 10.6 Å². The van der Waals surface area contributed by atoms with Gasteiger partial charge in [-0.25, -0.2) is 4.79 Å². The van der Waals surface area contributed by atoms with Crippen LogP contribution in [0.2, 0.25) is 0 Å². The van der Waals surface area contributed by atoms with Gasteiger partial charge in [0.1, 0.15) is 0 Å². The molecule has 0 aromatic heterocycles. The summed E-state index contributed by atoms with van der Waals surface area (Å²) in [7, 11) is 0. The number of anilines is 1. The van der Waals surface area contributed by atoms with Gasteiger partial charge in [0.05, 0.1) is 0 Å². The number of hydrogen-bond donors (Lipinski definition) is 2. The lowest BCUT2D eigenvalue weighted by Crippen LogP contribution is -2.29. The van der Waals surface area contributed by atoms with Crippen molar-refractivity contribution in [3.8, 4) is 0 Å². The molecule has 0 aliphatic rings. The van der Waals surface area contributed by atoms with Crippen LogP contribution in [0, 0.1) is 0 Å². The smallest absolute Gasteiger partial charge is 0.319 e. The van der Waals surface area contributed by atoms with Crippen LogP contribution in [-0.2, 0) is 0 Å². The largest absolute Gasteiger partial charge is 0.338 e. The summed E-state index contributed by atoms with van der Waals surface area (Å²) in [5, 5.41) is 8.86. The van der Waals surface area contributed by atoms with Crippen molar-refractivity contribution in [2.45, 2.75) is 19.8 Å². The van der Waals surface area contributed by atoms with Gasteiger partial charge in [0.15, 0.2) is 0 Å². The van der Waals surface area contributed by atoms with Gasteiger partial charge in [0.25, 0.3) is 0 Å². The van der Waals surface area contributed by atoms with Gasteiger partial charge in [0.2, 0.25) is 0 Å². The van der Waals surface area contributed by atoms with E-state index in [4.69, 9.17) is 5.53 Å². The van der Waals surface area contributed by atoms with E-state index in [1.807, 2.05) is 0 Å². The van der Waals surface area contributed by atoms with E-state index in [1.165, 1.54) is 0 Å². The third-order valence-corrected chi connectivity index (χ3v) is 2.10. The monoisotopic (exact) mass is 233 g/mol. The summed E-state index contributed by atoms with van der Waals surface area (Å²) in [5.74, 6) is 0. The van der Waals surface area contributed by atoms with Gasteiger partial charge in [-0.1, -0.05) is 30.6 Å². The number of unbranched alkanes of at least 4 members (excludes halogenated alkanes) is 1. The molecule has 1 rings (SSSR count). The molecule has 2 amide bonds. The highest BCUT2D eigenvalue weighted by Gasteiger charge is 1.99. The number of benzene rings is 1. The molecule has 0 bridgehead atoms. The number of rotatable bonds is 5. The normalized spacial score (nSPS) is 9.24. The Hall–Kier alpha value is -2.20. The highest BCUT2D eigenvalue weighted by atomic mass is 16.2. The van der Waals surface area contributed by atoms with E-state index in [0.717, 1.165) is 12.8 Å². The van der Waals surface area contributed by atoms with E-state index in [2.05, 4.69) is 27.6 Å². The van der Waals surface area contributed by atoms with Crippen molar-refractivity contribution in [1.82, 2.24) is 5.32 Å². The second kappa shape index (κ2) is 7.14. The van der Waals surface area contributed by atoms with Crippen LogP contribution in [0.4, 0.5) is 16.2 Å². The molecule has 0 heterocycles. The number of azide groups is 1. The zero-order chi connectivity index (χ0) is 12.5. The Labute approximate surface area is 99.7 Å². The Kier molecular flexibility index (Phi) is 5.40. The number of nitrogens with zero attached hydrogens (tertiary/aromatic N) is 3. The molecule has 0 atom stereocenters. The molecule has 2 N–H and O–H groups in total. The summed E-state index contributed by atoms with van der Waals surface area (Å²) in [6, 6.07) is 6.42. The average Bonchev–Trinajstić information content (AvgIpc) is 2.32. The molecule has 1 aromatic carbocycles. The highest BCUT2D eigenvalue weighted by molar-refractivity contribution is 5.89. The number of hydrogen-bond acceptors (Lipinski definition) is 2. The molecule has 1 aromatic rings. The van der Waals surface area contributed by atoms with Crippen LogP contribution in [0.15, 0.2) is 29.4 Å². The van der Waals surface area contributed by atoms with Crippen LogP contribution >= 0.6 is 0 Å². The van der Waals surface area contributed by atoms with Crippen molar-refractivity contribution in [2.75, 3.05) is 11.9 Å². The Morgan fingerprint density at radius 1 is 1.41 bits per heavy atom. The quantitative estimate of drug-likeness (QED) is 0.346. The Bertz CT molecular complexity index is 408. The van der Waals surface area contributed by atoms with Gasteiger partial charge in [0, 0.05) is 22.8 Å². The number of urea groups is 1. The predicted molar refractivity (Wildman–Crippen MR) is 67.2 cm³/mol. The summed E-state index contributed by atoms with van der Waals surface area (Å²) >= 11 is 0. The number of nitrogens with one attached hydrogen (secondary N) is 2. The summed E-state index contributed by atoms with van der Waals surface area (Å²) in [6.07, 6.45) is 2.00.